The normalized spacial score (nSPS) is 11.2. The number of hydrogen-bond acceptors (Lipinski definition) is 6. The molecule has 0 saturated heterocycles. The van der Waals surface area contributed by atoms with Crippen LogP contribution < -0.4 is 14.9 Å². The standard InChI is InChI=1S/C24H22N4O3S2/c1-4-23(29)26-24-25-20(15-32-24)16-8-5-9-17(14-16)27-33(30,31)22-13-7-10-18-19(22)11-6-12-21(18)28(2)3/h4-15,27H,1H2,2-3H3,(H,25,26,29). The fourth-order valence-corrected chi connectivity index (χ4v) is 5.46. The third-order valence-corrected chi connectivity index (χ3v) is 7.16. The monoisotopic (exact) mass is 478 g/mol. The van der Waals surface area contributed by atoms with Crippen LogP contribution in [0.4, 0.5) is 16.5 Å². The molecule has 0 radical (unpaired) electrons. The van der Waals surface area contributed by atoms with Crippen LogP contribution in [0.15, 0.2) is 83.6 Å². The van der Waals surface area contributed by atoms with Gasteiger partial charge >= 0.3 is 0 Å². The molecule has 33 heavy (non-hydrogen) atoms. The van der Waals surface area contributed by atoms with Gasteiger partial charge in [-0.3, -0.25) is 14.8 Å². The fourth-order valence-electron chi connectivity index (χ4n) is 3.46. The van der Waals surface area contributed by atoms with Crippen LogP contribution in [0.1, 0.15) is 0 Å². The van der Waals surface area contributed by atoms with Crippen molar-refractivity contribution in [3.8, 4) is 11.3 Å². The van der Waals surface area contributed by atoms with E-state index in [1.165, 1.54) is 17.4 Å². The minimum absolute atomic E-state index is 0.206. The van der Waals surface area contributed by atoms with Gasteiger partial charge in [0.25, 0.3) is 10.0 Å². The molecule has 0 atom stereocenters. The van der Waals surface area contributed by atoms with E-state index in [1.54, 1.807) is 35.7 Å². The number of carbonyl (C=O) groups excluding carboxylic acids is 1. The maximum absolute atomic E-state index is 13.3. The zero-order chi connectivity index (χ0) is 23.6. The topological polar surface area (TPSA) is 91.4 Å². The second kappa shape index (κ2) is 9.05. The Kier molecular flexibility index (Phi) is 6.17. The highest BCUT2D eigenvalue weighted by molar-refractivity contribution is 7.93. The van der Waals surface area contributed by atoms with E-state index in [4.69, 9.17) is 0 Å². The second-order valence-electron chi connectivity index (χ2n) is 7.44. The zero-order valence-electron chi connectivity index (χ0n) is 18.1. The Labute approximate surface area is 196 Å². The lowest BCUT2D eigenvalue weighted by molar-refractivity contribution is -0.111. The van der Waals surface area contributed by atoms with Crippen LogP contribution in [-0.4, -0.2) is 33.4 Å². The number of amides is 1. The van der Waals surface area contributed by atoms with Crippen molar-refractivity contribution in [1.29, 1.82) is 0 Å². The average molecular weight is 479 g/mol. The lowest BCUT2D eigenvalue weighted by Gasteiger charge is -2.17. The Morgan fingerprint density at radius 1 is 1.06 bits per heavy atom. The number of nitrogens with one attached hydrogen (secondary N) is 2. The number of carbonyl (C=O) groups is 1. The summed E-state index contributed by atoms with van der Waals surface area (Å²) in [5.41, 5.74) is 2.70. The number of hydrogen-bond donors (Lipinski definition) is 2. The van der Waals surface area contributed by atoms with Gasteiger partial charge in [-0.2, -0.15) is 0 Å². The van der Waals surface area contributed by atoms with Crippen LogP contribution in [0.25, 0.3) is 22.0 Å². The van der Waals surface area contributed by atoms with Crippen LogP contribution in [-0.2, 0) is 14.8 Å². The van der Waals surface area contributed by atoms with Crippen LogP contribution >= 0.6 is 11.3 Å². The predicted octanol–water partition coefficient (Wildman–Crippen LogP) is 4.95. The van der Waals surface area contributed by atoms with Gasteiger partial charge in [0.15, 0.2) is 5.13 Å². The van der Waals surface area contributed by atoms with E-state index in [2.05, 4.69) is 21.6 Å². The molecule has 0 unspecified atom stereocenters. The minimum Gasteiger partial charge on any atom is -0.377 e. The molecule has 4 rings (SSSR count). The summed E-state index contributed by atoms with van der Waals surface area (Å²) in [6.45, 7) is 3.42. The molecule has 168 valence electrons. The van der Waals surface area contributed by atoms with Crippen molar-refractivity contribution >= 4 is 54.5 Å². The summed E-state index contributed by atoms with van der Waals surface area (Å²) in [7, 11) is -0.00378. The molecule has 9 heteroatoms. The van der Waals surface area contributed by atoms with Crippen molar-refractivity contribution in [2.75, 3.05) is 29.0 Å². The van der Waals surface area contributed by atoms with Crippen LogP contribution in [0.3, 0.4) is 0 Å². The van der Waals surface area contributed by atoms with E-state index in [-0.39, 0.29) is 10.8 Å². The highest BCUT2D eigenvalue weighted by atomic mass is 32.2. The van der Waals surface area contributed by atoms with E-state index in [9.17, 15) is 13.2 Å². The molecule has 4 aromatic rings. The zero-order valence-corrected chi connectivity index (χ0v) is 19.7. The number of sulfonamides is 1. The van der Waals surface area contributed by atoms with Crippen molar-refractivity contribution in [1.82, 2.24) is 4.98 Å². The van der Waals surface area contributed by atoms with Gasteiger partial charge in [-0.1, -0.05) is 43.0 Å². The molecular formula is C24H22N4O3S2. The van der Waals surface area contributed by atoms with Crippen LogP contribution in [0, 0.1) is 0 Å². The van der Waals surface area contributed by atoms with Crippen molar-refractivity contribution in [3.63, 3.8) is 0 Å². The lowest BCUT2D eigenvalue weighted by Crippen LogP contribution is -2.14. The van der Waals surface area contributed by atoms with Crippen molar-refractivity contribution in [2.24, 2.45) is 0 Å². The molecule has 0 bridgehead atoms. The molecule has 1 amide bonds. The minimum atomic E-state index is -3.85. The summed E-state index contributed by atoms with van der Waals surface area (Å²) in [5, 5.41) is 6.36. The number of rotatable bonds is 7. The van der Waals surface area contributed by atoms with Crippen molar-refractivity contribution in [2.45, 2.75) is 4.90 Å². The number of benzene rings is 3. The molecule has 0 spiro atoms. The third kappa shape index (κ3) is 4.74. The Hall–Kier alpha value is -3.69. The molecule has 1 heterocycles. The van der Waals surface area contributed by atoms with E-state index in [1.807, 2.05) is 49.3 Å². The highest BCUT2D eigenvalue weighted by Gasteiger charge is 2.19. The molecule has 0 saturated carbocycles. The van der Waals surface area contributed by atoms with E-state index < -0.39 is 10.0 Å². The largest absolute Gasteiger partial charge is 0.377 e. The van der Waals surface area contributed by atoms with Crippen LogP contribution in [0.2, 0.25) is 0 Å². The van der Waals surface area contributed by atoms with Crippen molar-refractivity contribution < 1.29 is 13.2 Å². The molecule has 7 nitrogen and oxygen atoms in total. The average Bonchev–Trinajstić information content (AvgIpc) is 3.26. The summed E-state index contributed by atoms with van der Waals surface area (Å²) in [6, 6.07) is 17.8. The first-order valence-electron chi connectivity index (χ1n) is 10.00. The van der Waals surface area contributed by atoms with Gasteiger partial charge in [-0.05, 0) is 30.3 Å². The SMILES string of the molecule is C=CC(=O)Nc1nc(-c2cccc(NS(=O)(=O)c3cccc4c(N(C)C)cccc34)c2)cs1. The van der Waals surface area contributed by atoms with Crippen molar-refractivity contribution in [3.05, 3.63) is 78.7 Å². The van der Waals surface area contributed by atoms with Gasteiger partial charge < -0.3 is 4.90 Å². The van der Waals surface area contributed by atoms with Gasteiger partial charge in [0, 0.05) is 47.2 Å². The van der Waals surface area contributed by atoms with Crippen LogP contribution in [0.5, 0.6) is 0 Å². The quantitative estimate of drug-likeness (QED) is 0.367. The number of aromatic nitrogens is 1. The number of nitrogens with zero attached hydrogens (tertiary/aromatic N) is 2. The smallest absolute Gasteiger partial charge is 0.262 e. The highest BCUT2D eigenvalue weighted by Crippen LogP contribution is 2.32. The molecule has 0 aliphatic rings. The summed E-state index contributed by atoms with van der Waals surface area (Å²) < 4.78 is 29.3. The predicted molar refractivity (Wildman–Crippen MR) is 135 cm³/mol. The summed E-state index contributed by atoms with van der Waals surface area (Å²) in [6.07, 6.45) is 1.17. The molecule has 1 aromatic heterocycles. The molecule has 2 N–H and O–H groups in total. The number of anilines is 3. The third-order valence-electron chi connectivity index (χ3n) is 4.96. The Morgan fingerprint density at radius 3 is 2.55 bits per heavy atom. The van der Waals surface area contributed by atoms with E-state index in [0.717, 1.165) is 16.6 Å². The molecular weight excluding hydrogens is 456 g/mol. The Balaban J connectivity index is 1.66. The summed E-state index contributed by atoms with van der Waals surface area (Å²) >= 11 is 1.28. The van der Waals surface area contributed by atoms with Gasteiger partial charge in [0.1, 0.15) is 0 Å². The number of fused-ring (bicyclic) bond motifs is 1. The number of thiazole rings is 1. The second-order valence-corrected chi connectivity index (χ2v) is 9.95. The van der Waals surface area contributed by atoms with Gasteiger partial charge in [-0.15, -0.1) is 11.3 Å². The first-order valence-corrected chi connectivity index (χ1v) is 12.4. The molecule has 3 aromatic carbocycles. The Morgan fingerprint density at radius 2 is 1.79 bits per heavy atom. The van der Waals surface area contributed by atoms with Gasteiger partial charge in [0.2, 0.25) is 5.91 Å². The first-order chi connectivity index (χ1) is 15.8. The maximum Gasteiger partial charge on any atom is 0.262 e. The Bertz CT molecular complexity index is 1460. The van der Waals surface area contributed by atoms with Gasteiger partial charge in [0.05, 0.1) is 10.6 Å². The maximum atomic E-state index is 13.3. The summed E-state index contributed by atoms with van der Waals surface area (Å²) in [4.78, 5) is 18.0. The van der Waals surface area contributed by atoms with E-state index >= 15 is 0 Å². The molecule has 0 aliphatic carbocycles. The summed E-state index contributed by atoms with van der Waals surface area (Å²) in [5.74, 6) is -0.343. The molecule has 0 fully saturated rings. The first kappa shape index (κ1) is 22.5. The fraction of sp³-hybridized carbons (Fsp3) is 0.0833. The molecule has 0 aliphatic heterocycles. The van der Waals surface area contributed by atoms with E-state index in [0.29, 0.717) is 21.9 Å². The lowest BCUT2D eigenvalue weighted by atomic mass is 10.1. The van der Waals surface area contributed by atoms with Gasteiger partial charge in [-0.25, -0.2) is 13.4 Å².